The van der Waals surface area contributed by atoms with E-state index in [0.29, 0.717) is 43.7 Å². The van der Waals surface area contributed by atoms with Crippen LogP contribution in [0.4, 0.5) is 0 Å². The van der Waals surface area contributed by atoms with Crippen LogP contribution in [0.5, 0.6) is 0 Å². The zero-order chi connectivity index (χ0) is 17.6. The Labute approximate surface area is 145 Å². The average molecular weight is 349 g/mol. The number of H-pyrrole nitrogens is 1. The van der Waals surface area contributed by atoms with E-state index in [1.807, 2.05) is 11.8 Å². The predicted molar refractivity (Wildman–Crippen MR) is 87.0 cm³/mol. The standard InChI is InChI=1S/C16H23N5O4/c1-11-9-13(19-18-11)16(22)21-5-3-12(4-6-21)15-17-14(25-20-15)10-24-8-7-23-2/h9,12H,3-8,10H2,1-2H3,(H,18,19). The van der Waals surface area contributed by atoms with Crippen LogP contribution in [-0.2, 0) is 16.1 Å². The number of piperidine rings is 1. The molecule has 3 rings (SSSR count). The summed E-state index contributed by atoms with van der Waals surface area (Å²) in [6, 6.07) is 1.77. The van der Waals surface area contributed by atoms with Crippen LogP contribution in [0.1, 0.15) is 46.7 Å². The van der Waals surface area contributed by atoms with Gasteiger partial charge in [0.1, 0.15) is 12.3 Å². The fraction of sp³-hybridized carbons (Fsp3) is 0.625. The number of aromatic amines is 1. The van der Waals surface area contributed by atoms with Crippen molar-refractivity contribution in [2.24, 2.45) is 0 Å². The van der Waals surface area contributed by atoms with Crippen molar-refractivity contribution in [2.75, 3.05) is 33.4 Å². The summed E-state index contributed by atoms with van der Waals surface area (Å²) in [6.07, 6.45) is 1.61. The summed E-state index contributed by atoms with van der Waals surface area (Å²) in [6.45, 7) is 4.49. The van der Waals surface area contributed by atoms with Gasteiger partial charge in [-0.1, -0.05) is 5.16 Å². The number of aromatic nitrogens is 4. The lowest BCUT2D eigenvalue weighted by molar-refractivity contribution is 0.0494. The second-order valence-corrected chi connectivity index (χ2v) is 6.09. The van der Waals surface area contributed by atoms with E-state index in [1.54, 1.807) is 13.2 Å². The molecule has 0 saturated carbocycles. The number of ether oxygens (including phenoxy) is 2. The molecule has 1 N–H and O–H groups in total. The molecule has 9 nitrogen and oxygen atoms in total. The summed E-state index contributed by atoms with van der Waals surface area (Å²) >= 11 is 0. The summed E-state index contributed by atoms with van der Waals surface area (Å²) in [5.41, 5.74) is 1.34. The van der Waals surface area contributed by atoms with E-state index in [4.69, 9.17) is 14.0 Å². The van der Waals surface area contributed by atoms with E-state index in [2.05, 4.69) is 20.3 Å². The van der Waals surface area contributed by atoms with Gasteiger partial charge >= 0.3 is 0 Å². The maximum atomic E-state index is 12.4. The number of aryl methyl sites for hydroxylation is 1. The van der Waals surface area contributed by atoms with E-state index in [0.717, 1.165) is 18.5 Å². The number of hydrogen-bond donors (Lipinski definition) is 1. The summed E-state index contributed by atoms with van der Waals surface area (Å²) in [7, 11) is 1.62. The van der Waals surface area contributed by atoms with Gasteiger partial charge in [-0.05, 0) is 25.8 Å². The monoisotopic (exact) mass is 349 g/mol. The molecule has 1 aliphatic rings. The molecule has 136 valence electrons. The lowest BCUT2D eigenvalue weighted by Crippen LogP contribution is -2.38. The minimum absolute atomic E-state index is 0.0388. The number of rotatable bonds is 7. The topological polar surface area (TPSA) is 106 Å². The Hall–Kier alpha value is -2.26. The molecule has 0 aromatic carbocycles. The van der Waals surface area contributed by atoms with Gasteiger partial charge in [0, 0.05) is 31.8 Å². The smallest absolute Gasteiger partial charge is 0.274 e. The van der Waals surface area contributed by atoms with Gasteiger partial charge in [0.05, 0.1) is 13.2 Å². The van der Waals surface area contributed by atoms with Crippen molar-refractivity contribution in [3.05, 3.63) is 29.2 Å². The molecule has 9 heteroatoms. The average Bonchev–Trinajstić information content (AvgIpc) is 3.27. The molecule has 0 radical (unpaired) electrons. The second-order valence-electron chi connectivity index (χ2n) is 6.09. The first-order valence-electron chi connectivity index (χ1n) is 8.38. The molecule has 0 spiro atoms. The van der Waals surface area contributed by atoms with Crippen molar-refractivity contribution in [1.29, 1.82) is 0 Å². The van der Waals surface area contributed by atoms with Gasteiger partial charge in [0.15, 0.2) is 5.82 Å². The molecule has 0 atom stereocenters. The third kappa shape index (κ3) is 4.43. The largest absolute Gasteiger partial charge is 0.382 e. The Morgan fingerprint density at radius 1 is 1.40 bits per heavy atom. The summed E-state index contributed by atoms with van der Waals surface area (Å²) in [5, 5.41) is 10.9. The highest BCUT2D eigenvalue weighted by atomic mass is 16.5. The van der Waals surface area contributed by atoms with Crippen LogP contribution < -0.4 is 0 Å². The number of nitrogens with zero attached hydrogens (tertiary/aromatic N) is 4. The Bertz CT molecular complexity index is 690. The molecule has 0 aliphatic carbocycles. The van der Waals surface area contributed by atoms with Crippen LogP contribution in [0.15, 0.2) is 10.6 Å². The maximum Gasteiger partial charge on any atom is 0.274 e. The van der Waals surface area contributed by atoms with E-state index >= 15 is 0 Å². The molecule has 2 aromatic rings. The quantitative estimate of drug-likeness (QED) is 0.751. The normalized spacial score (nSPS) is 15.7. The van der Waals surface area contributed by atoms with Gasteiger partial charge in [-0.2, -0.15) is 10.1 Å². The number of carbonyl (C=O) groups excluding carboxylic acids is 1. The number of methoxy groups -OCH3 is 1. The fourth-order valence-electron chi connectivity index (χ4n) is 2.82. The van der Waals surface area contributed by atoms with Crippen molar-refractivity contribution in [1.82, 2.24) is 25.2 Å². The molecular formula is C16H23N5O4. The van der Waals surface area contributed by atoms with Crippen LogP contribution in [-0.4, -0.2) is 64.6 Å². The van der Waals surface area contributed by atoms with Crippen molar-refractivity contribution in [2.45, 2.75) is 32.3 Å². The van der Waals surface area contributed by atoms with Crippen LogP contribution in [0.25, 0.3) is 0 Å². The number of amides is 1. The summed E-state index contributed by atoms with van der Waals surface area (Å²) in [4.78, 5) is 18.6. The van der Waals surface area contributed by atoms with Crippen LogP contribution in [0, 0.1) is 6.92 Å². The lowest BCUT2D eigenvalue weighted by Gasteiger charge is -2.30. The van der Waals surface area contributed by atoms with Crippen LogP contribution in [0.3, 0.4) is 0 Å². The lowest BCUT2D eigenvalue weighted by atomic mass is 9.96. The number of carbonyl (C=O) groups is 1. The Balaban J connectivity index is 1.49. The SMILES string of the molecule is COCCOCc1nc(C2CCN(C(=O)c3cc(C)[nH]n3)CC2)no1. The second kappa shape index (κ2) is 8.21. The minimum atomic E-state index is -0.0388. The molecule has 1 fully saturated rings. The minimum Gasteiger partial charge on any atom is -0.382 e. The van der Waals surface area contributed by atoms with E-state index in [9.17, 15) is 4.79 Å². The maximum absolute atomic E-state index is 12.4. The van der Waals surface area contributed by atoms with Crippen molar-refractivity contribution in [3.63, 3.8) is 0 Å². The van der Waals surface area contributed by atoms with E-state index < -0.39 is 0 Å². The van der Waals surface area contributed by atoms with E-state index in [1.165, 1.54) is 0 Å². The Morgan fingerprint density at radius 3 is 2.88 bits per heavy atom. The molecular weight excluding hydrogens is 326 g/mol. The first kappa shape index (κ1) is 17.6. The molecule has 1 saturated heterocycles. The number of hydrogen-bond acceptors (Lipinski definition) is 7. The molecule has 1 aliphatic heterocycles. The van der Waals surface area contributed by atoms with Gasteiger partial charge in [-0.25, -0.2) is 0 Å². The van der Waals surface area contributed by atoms with Crippen LogP contribution in [0.2, 0.25) is 0 Å². The summed E-state index contributed by atoms with van der Waals surface area (Å²) < 4.78 is 15.5. The van der Waals surface area contributed by atoms with Gasteiger partial charge < -0.3 is 18.9 Å². The molecule has 25 heavy (non-hydrogen) atoms. The Morgan fingerprint density at radius 2 is 2.20 bits per heavy atom. The highest BCUT2D eigenvalue weighted by molar-refractivity contribution is 5.92. The molecule has 2 aromatic heterocycles. The molecule has 0 unspecified atom stereocenters. The zero-order valence-corrected chi connectivity index (χ0v) is 14.5. The molecule has 1 amide bonds. The van der Waals surface area contributed by atoms with Gasteiger partial charge in [0.25, 0.3) is 11.8 Å². The first-order valence-corrected chi connectivity index (χ1v) is 8.38. The van der Waals surface area contributed by atoms with E-state index in [-0.39, 0.29) is 18.4 Å². The van der Waals surface area contributed by atoms with Crippen molar-refractivity contribution < 1.29 is 18.8 Å². The van der Waals surface area contributed by atoms with Gasteiger partial charge in [-0.15, -0.1) is 0 Å². The highest BCUT2D eigenvalue weighted by Crippen LogP contribution is 2.26. The predicted octanol–water partition coefficient (Wildman–Crippen LogP) is 1.28. The fourth-order valence-corrected chi connectivity index (χ4v) is 2.82. The number of likely N-dealkylation sites (tertiary alicyclic amines) is 1. The van der Waals surface area contributed by atoms with Crippen molar-refractivity contribution >= 4 is 5.91 Å². The third-order valence-corrected chi connectivity index (χ3v) is 4.21. The Kier molecular flexibility index (Phi) is 5.77. The van der Waals surface area contributed by atoms with Crippen LogP contribution >= 0.6 is 0 Å². The number of nitrogens with one attached hydrogen (secondary N) is 1. The van der Waals surface area contributed by atoms with Gasteiger partial charge in [0.2, 0.25) is 0 Å². The summed E-state index contributed by atoms with van der Waals surface area (Å²) in [5.74, 6) is 1.31. The third-order valence-electron chi connectivity index (χ3n) is 4.21. The molecule has 3 heterocycles. The zero-order valence-electron chi connectivity index (χ0n) is 14.5. The highest BCUT2D eigenvalue weighted by Gasteiger charge is 2.28. The van der Waals surface area contributed by atoms with Crippen molar-refractivity contribution in [3.8, 4) is 0 Å². The first-order chi connectivity index (χ1) is 12.2. The van der Waals surface area contributed by atoms with Gasteiger partial charge in [-0.3, -0.25) is 9.89 Å². The molecule has 0 bridgehead atoms.